The zero-order valence-electron chi connectivity index (χ0n) is 14.9. The Bertz CT molecular complexity index is 646. The van der Waals surface area contributed by atoms with Gasteiger partial charge in [0.15, 0.2) is 5.78 Å². The summed E-state index contributed by atoms with van der Waals surface area (Å²) in [6.07, 6.45) is 3.62. The van der Waals surface area contributed by atoms with Gasteiger partial charge in [-0.1, -0.05) is 43.3 Å². The number of nitrogens with zero attached hydrogens (tertiary/aromatic N) is 1. The fourth-order valence-electron chi connectivity index (χ4n) is 3.51. The molecule has 0 radical (unpaired) electrons. The number of ether oxygens (including phenoxy) is 1. The number of carbonyl (C=O) groups excluding carboxylic acids is 1. The molecule has 0 saturated carbocycles. The predicted molar refractivity (Wildman–Crippen MR) is 103 cm³/mol. The fourth-order valence-corrected chi connectivity index (χ4v) is 4.21. The molecule has 0 atom stereocenters. The van der Waals surface area contributed by atoms with E-state index in [1.54, 1.807) is 0 Å². The van der Waals surface area contributed by atoms with Crippen LogP contribution in [0.2, 0.25) is 0 Å². The maximum Gasteiger partial charge on any atom is 0.174 e. The molecule has 0 bridgehead atoms. The molecule has 0 N–H and O–H groups in total. The third-order valence-corrected chi connectivity index (χ3v) is 5.91. The molecule has 134 valence electrons. The van der Waals surface area contributed by atoms with E-state index in [4.69, 9.17) is 4.74 Å². The van der Waals surface area contributed by atoms with Gasteiger partial charge in [-0.15, -0.1) is 11.3 Å². The van der Waals surface area contributed by atoms with Gasteiger partial charge in [-0.3, -0.25) is 4.79 Å². The highest BCUT2D eigenvalue weighted by atomic mass is 32.1. The van der Waals surface area contributed by atoms with Crippen molar-refractivity contribution in [2.75, 3.05) is 26.2 Å². The molecule has 0 spiro atoms. The highest BCUT2D eigenvalue weighted by molar-refractivity contribution is 7.12. The molecule has 2 heterocycles. The lowest BCUT2D eigenvalue weighted by Crippen LogP contribution is -2.45. The first-order chi connectivity index (χ1) is 12.2. The fraction of sp³-hybridized carbons (Fsp3) is 0.476. The molecule has 1 aromatic carbocycles. The number of likely N-dealkylation sites (tertiary alicyclic amines) is 1. The SMILES string of the molecule is CCCOC1(c2ccccc2)CCN(CCC(=O)c2cccs2)CC1. The van der Waals surface area contributed by atoms with E-state index in [0.29, 0.717) is 6.42 Å². The normalized spacial score (nSPS) is 17.5. The van der Waals surface area contributed by atoms with Crippen molar-refractivity contribution in [3.8, 4) is 0 Å². The van der Waals surface area contributed by atoms with Crippen LogP contribution >= 0.6 is 11.3 Å². The van der Waals surface area contributed by atoms with E-state index >= 15 is 0 Å². The number of benzene rings is 1. The molecule has 0 aliphatic carbocycles. The van der Waals surface area contributed by atoms with Crippen molar-refractivity contribution in [3.05, 3.63) is 58.3 Å². The molecule has 1 aromatic heterocycles. The van der Waals surface area contributed by atoms with Gasteiger partial charge in [0.05, 0.1) is 10.5 Å². The average molecular weight is 358 g/mol. The molecule has 25 heavy (non-hydrogen) atoms. The molecular formula is C21H27NO2S. The second-order valence-electron chi connectivity index (χ2n) is 6.70. The lowest BCUT2D eigenvalue weighted by molar-refractivity contribution is -0.0895. The van der Waals surface area contributed by atoms with Crippen LogP contribution in [0.3, 0.4) is 0 Å². The van der Waals surface area contributed by atoms with Crippen LogP contribution in [0, 0.1) is 0 Å². The number of rotatable bonds is 8. The molecular weight excluding hydrogens is 330 g/mol. The van der Waals surface area contributed by atoms with Crippen molar-refractivity contribution in [3.63, 3.8) is 0 Å². The summed E-state index contributed by atoms with van der Waals surface area (Å²) in [6.45, 7) is 5.76. The minimum Gasteiger partial charge on any atom is -0.370 e. The number of carbonyl (C=O) groups is 1. The van der Waals surface area contributed by atoms with Crippen LogP contribution in [0.15, 0.2) is 47.8 Å². The average Bonchev–Trinajstić information content (AvgIpc) is 3.21. The molecule has 2 aromatic rings. The molecule has 1 aliphatic heterocycles. The lowest BCUT2D eigenvalue weighted by Gasteiger charge is -2.42. The molecule has 1 fully saturated rings. The summed E-state index contributed by atoms with van der Waals surface area (Å²) in [4.78, 5) is 15.5. The zero-order chi connectivity index (χ0) is 17.5. The Balaban J connectivity index is 1.57. The van der Waals surface area contributed by atoms with Crippen molar-refractivity contribution < 1.29 is 9.53 Å². The third-order valence-electron chi connectivity index (χ3n) is 5.00. The lowest BCUT2D eigenvalue weighted by atomic mass is 9.84. The Morgan fingerprint density at radius 3 is 2.56 bits per heavy atom. The van der Waals surface area contributed by atoms with Gasteiger partial charge in [-0.25, -0.2) is 0 Å². The Kier molecular flexibility index (Phi) is 6.40. The van der Waals surface area contributed by atoms with Crippen LogP contribution < -0.4 is 0 Å². The van der Waals surface area contributed by atoms with E-state index in [-0.39, 0.29) is 11.4 Å². The first-order valence-corrected chi connectivity index (χ1v) is 10.1. The van der Waals surface area contributed by atoms with Gasteiger partial charge in [0.1, 0.15) is 0 Å². The summed E-state index contributed by atoms with van der Waals surface area (Å²) in [5.74, 6) is 0.261. The van der Waals surface area contributed by atoms with Gasteiger partial charge < -0.3 is 9.64 Å². The van der Waals surface area contributed by atoms with E-state index < -0.39 is 0 Å². The van der Waals surface area contributed by atoms with Gasteiger partial charge in [-0.05, 0) is 36.3 Å². The number of ketones is 1. The molecule has 3 nitrogen and oxygen atoms in total. The summed E-state index contributed by atoms with van der Waals surface area (Å²) < 4.78 is 6.35. The Morgan fingerprint density at radius 2 is 1.92 bits per heavy atom. The summed E-state index contributed by atoms with van der Waals surface area (Å²) in [7, 11) is 0. The summed E-state index contributed by atoms with van der Waals surface area (Å²) in [5, 5.41) is 1.97. The molecule has 0 amide bonds. The van der Waals surface area contributed by atoms with E-state index in [1.165, 1.54) is 16.9 Å². The Morgan fingerprint density at radius 1 is 1.16 bits per heavy atom. The number of hydrogen-bond donors (Lipinski definition) is 0. The number of Topliss-reactive ketones (excluding diaryl/α,β-unsaturated/α-hetero) is 1. The highest BCUT2D eigenvalue weighted by Gasteiger charge is 2.36. The van der Waals surface area contributed by atoms with Gasteiger partial charge in [-0.2, -0.15) is 0 Å². The van der Waals surface area contributed by atoms with Crippen molar-refractivity contribution in [1.29, 1.82) is 0 Å². The monoisotopic (exact) mass is 357 g/mol. The summed E-state index contributed by atoms with van der Waals surface area (Å²) >= 11 is 1.54. The van der Waals surface area contributed by atoms with Crippen molar-refractivity contribution >= 4 is 17.1 Å². The smallest absolute Gasteiger partial charge is 0.174 e. The largest absolute Gasteiger partial charge is 0.370 e. The van der Waals surface area contributed by atoms with Crippen LogP contribution in [0.5, 0.6) is 0 Å². The maximum absolute atomic E-state index is 12.2. The number of hydrogen-bond acceptors (Lipinski definition) is 4. The minimum atomic E-state index is -0.161. The van der Waals surface area contributed by atoms with E-state index in [0.717, 1.165) is 50.4 Å². The van der Waals surface area contributed by atoms with Crippen LogP contribution in [0.4, 0.5) is 0 Å². The van der Waals surface area contributed by atoms with Gasteiger partial charge in [0, 0.05) is 32.7 Å². The van der Waals surface area contributed by atoms with E-state index in [1.807, 2.05) is 17.5 Å². The van der Waals surface area contributed by atoms with Crippen molar-refractivity contribution in [1.82, 2.24) is 4.90 Å². The predicted octanol–water partition coefficient (Wildman–Crippen LogP) is 4.74. The molecule has 0 unspecified atom stereocenters. The Hall–Kier alpha value is -1.49. The van der Waals surface area contributed by atoms with Crippen molar-refractivity contribution in [2.24, 2.45) is 0 Å². The standard InChI is InChI=1S/C21H27NO2S/c1-2-16-24-21(18-7-4-3-5-8-18)11-14-22(15-12-21)13-10-19(23)20-9-6-17-25-20/h3-9,17H,2,10-16H2,1H3. The number of piperidine rings is 1. The quantitative estimate of drug-likeness (QED) is 0.639. The van der Waals surface area contributed by atoms with Crippen LogP contribution in [0.1, 0.15) is 47.8 Å². The van der Waals surface area contributed by atoms with Crippen molar-refractivity contribution in [2.45, 2.75) is 38.2 Å². The molecule has 1 aliphatic rings. The zero-order valence-corrected chi connectivity index (χ0v) is 15.8. The molecule has 1 saturated heterocycles. The Labute approximate surface area is 154 Å². The minimum absolute atomic E-state index is 0.161. The van der Waals surface area contributed by atoms with Gasteiger partial charge >= 0.3 is 0 Å². The first-order valence-electron chi connectivity index (χ1n) is 9.22. The van der Waals surface area contributed by atoms with E-state index in [2.05, 4.69) is 42.2 Å². The summed E-state index contributed by atoms with van der Waals surface area (Å²) in [5.41, 5.74) is 1.13. The highest BCUT2D eigenvalue weighted by Crippen LogP contribution is 2.37. The van der Waals surface area contributed by atoms with Crippen LogP contribution in [-0.4, -0.2) is 36.9 Å². The van der Waals surface area contributed by atoms with Gasteiger partial charge in [0.2, 0.25) is 0 Å². The first kappa shape index (κ1) is 18.3. The number of thiophene rings is 1. The summed E-state index contributed by atoms with van der Waals surface area (Å²) in [6, 6.07) is 14.5. The van der Waals surface area contributed by atoms with Crippen LogP contribution in [-0.2, 0) is 10.3 Å². The topological polar surface area (TPSA) is 29.5 Å². The second-order valence-corrected chi connectivity index (χ2v) is 7.65. The third kappa shape index (κ3) is 4.57. The molecule has 4 heteroatoms. The molecule has 3 rings (SSSR count). The van der Waals surface area contributed by atoms with Gasteiger partial charge in [0.25, 0.3) is 0 Å². The maximum atomic E-state index is 12.2. The second kappa shape index (κ2) is 8.75. The van der Waals surface area contributed by atoms with Crippen LogP contribution in [0.25, 0.3) is 0 Å². The van der Waals surface area contributed by atoms with E-state index in [9.17, 15) is 4.79 Å².